The molecule has 0 fully saturated rings. The van der Waals surface area contributed by atoms with Gasteiger partial charge in [-0.05, 0) is 71.4 Å². The van der Waals surface area contributed by atoms with Gasteiger partial charge in [-0.2, -0.15) is 0 Å². The van der Waals surface area contributed by atoms with Crippen LogP contribution >= 0.6 is 0 Å². The van der Waals surface area contributed by atoms with E-state index in [-0.39, 0.29) is 0 Å². The van der Waals surface area contributed by atoms with Gasteiger partial charge in [0, 0.05) is 0 Å². The standard InChI is InChI=1S/C34H30B8/c35-27-23-21(15-8-2-1-3-9-15)24-26(30(38)34(42)32(40)28(24)36)22(25(23)29(37)33(41)31(27)39)20-14-16-10-4-5-11-17(16)18-12-6-7-13-19(18)20/h1-14H,35-42H2. The fraction of sp³-hybridized carbons (Fsp3) is 0. The van der Waals surface area contributed by atoms with Crippen molar-refractivity contribution in [1.82, 2.24) is 0 Å². The summed E-state index contributed by atoms with van der Waals surface area (Å²) in [6.07, 6.45) is 0. The van der Waals surface area contributed by atoms with Gasteiger partial charge in [-0.3, -0.25) is 0 Å². The van der Waals surface area contributed by atoms with Gasteiger partial charge in [-0.25, -0.2) is 0 Å². The largest absolute Gasteiger partial charge is 0.139 e. The number of hydrogen-bond acceptors (Lipinski definition) is 0. The van der Waals surface area contributed by atoms with E-state index in [1.165, 1.54) is 109 Å². The molecule has 0 N–H and O–H groups in total. The van der Waals surface area contributed by atoms with Gasteiger partial charge in [0.25, 0.3) is 0 Å². The maximum absolute atomic E-state index is 2.46. The first kappa shape index (κ1) is 27.0. The van der Waals surface area contributed by atoms with Crippen molar-refractivity contribution in [1.29, 1.82) is 0 Å². The molecule has 0 aromatic heterocycles. The molecule has 0 aliphatic carbocycles. The van der Waals surface area contributed by atoms with Gasteiger partial charge in [0.1, 0.15) is 62.8 Å². The highest BCUT2D eigenvalue weighted by atomic mass is 14.3. The van der Waals surface area contributed by atoms with Gasteiger partial charge in [-0.15, -0.1) is 21.9 Å². The number of rotatable bonds is 2. The van der Waals surface area contributed by atoms with Crippen LogP contribution in [0.25, 0.3) is 65.3 Å². The maximum Gasteiger partial charge on any atom is 0.139 e. The van der Waals surface area contributed by atoms with Crippen molar-refractivity contribution in [2.24, 2.45) is 0 Å². The molecule has 0 aliphatic heterocycles. The van der Waals surface area contributed by atoms with Crippen molar-refractivity contribution in [2.75, 3.05) is 0 Å². The molecule has 0 saturated carbocycles. The van der Waals surface area contributed by atoms with Crippen LogP contribution in [0, 0.1) is 0 Å². The van der Waals surface area contributed by atoms with E-state index in [9.17, 15) is 0 Å². The number of fused-ring (bicyclic) bond motifs is 5. The van der Waals surface area contributed by atoms with Crippen LogP contribution in [0.4, 0.5) is 0 Å². The maximum atomic E-state index is 2.46. The molecule has 7 aromatic rings. The summed E-state index contributed by atoms with van der Waals surface area (Å²) >= 11 is 0. The first-order valence-electron chi connectivity index (χ1n) is 15.1. The first-order chi connectivity index (χ1) is 20.2. The Morgan fingerprint density at radius 2 is 0.738 bits per heavy atom. The highest BCUT2D eigenvalue weighted by Gasteiger charge is 2.25. The lowest BCUT2D eigenvalue weighted by molar-refractivity contribution is 1.69. The molecule has 0 aliphatic rings. The smallest absolute Gasteiger partial charge is 0.101 e. The van der Waals surface area contributed by atoms with Crippen molar-refractivity contribution < 1.29 is 0 Å². The van der Waals surface area contributed by atoms with Gasteiger partial charge in [0.2, 0.25) is 0 Å². The molecule has 0 nitrogen and oxygen atoms in total. The molecule has 7 rings (SSSR count). The van der Waals surface area contributed by atoms with Crippen LogP contribution in [-0.4, -0.2) is 62.8 Å². The van der Waals surface area contributed by atoms with Gasteiger partial charge in [0.15, 0.2) is 0 Å². The van der Waals surface area contributed by atoms with Crippen LogP contribution < -0.4 is 43.7 Å². The van der Waals surface area contributed by atoms with Crippen LogP contribution in [0.3, 0.4) is 0 Å². The number of benzene rings is 7. The van der Waals surface area contributed by atoms with Crippen molar-refractivity contribution in [3.63, 3.8) is 0 Å². The summed E-state index contributed by atoms with van der Waals surface area (Å²) in [6.45, 7) is 0. The summed E-state index contributed by atoms with van der Waals surface area (Å²) in [6, 6.07) is 31.4. The minimum Gasteiger partial charge on any atom is -0.101 e. The van der Waals surface area contributed by atoms with E-state index in [0.717, 1.165) is 0 Å². The minimum absolute atomic E-state index is 1.29. The SMILES string of the molecule is Bc1c(B)c(B)c2c(-c3cc4ccccc4c4ccccc34)c3c(B)c(B)c(B)c(B)c3c(-c3ccccc3)c2c1B. The topological polar surface area (TPSA) is 0 Å². The molecular formula is C34H30B8. The van der Waals surface area contributed by atoms with Crippen LogP contribution in [0.15, 0.2) is 84.9 Å². The van der Waals surface area contributed by atoms with Gasteiger partial charge in [-0.1, -0.05) is 101 Å². The molecule has 0 radical (unpaired) electrons. The van der Waals surface area contributed by atoms with E-state index in [2.05, 4.69) is 148 Å². The molecular weight excluding hydrogens is 495 g/mol. The van der Waals surface area contributed by atoms with Crippen LogP contribution in [0.5, 0.6) is 0 Å². The lowest BCUT2D eigenvalue weighted by Crippen LogP contribution is -2.50. The van der Waals surface area contributed by atoms with Gasteiger partial charge < -0.3 is 0 Å². The van der Waals surface area contributed by atoms with Crippen molar-refractivity contribution in [3.05, 3.63) is 84.9 Å². The molecule has 190 valence electrons. The van der Waals surface area contributed by atoms with E-state index in [1.807, 2.05) is 0 Å². The summed E-state index contributed by atoms with van der Waals surface area (Å²) < 4.78 is 0. The predicted molar refractivity (Wildman–Crippen MR) is 213 cm³/mol. The molecule has 0 spiro atoms. The zero-order chi connectivity index (χ0) is 29.4. The zero-order valence-electron chi connectivity index (χ0n) is 26.1. The summed E-state index contributed by atoms with van der Waals surface area (Å²) in [4.78, 5) is 0. The lowest BCUT2D eigenvalue weighted by Gasteiger charge is -2.28. The summed E-state index contributed by atoms with van der Waals surface area (Å²) in [5, 5.41) is 10.8. The van der Waals surface area contributed by atoms with E-state index in [1.54, 1.807) is 0 Å². The zero-order valence-corrected chi connectivity index (χ0v) is 26.1. The van der Waals surface area contributed by atoms with Crippen molar-refractivity contribution >= 4 is 150 Å². The monoisotopic (exact) mass is 526 g/mol. The average Bonchev–Trinajstić information content (AvgIpc) is 3.03. The number of hydrogen-bond donors (Lipinski definition) is 0. The average molecular weight is 525 g/mol. The Morgan fingerprint density at radius 3 is 1.26 bits per heavy atom. The van der Waals surface area contributed by atoms with Crippen LogP contribution in [-0.2, 0) is 0 Å². The Labute approximate surface area is 255 Å². The predicted octanol–water partition coefficient (Wildman–Crippen LogP) is -4.30. The fourth-order valence-electron chi connectivity index (χ4n) is 7.55. The van der Waals surface area contributed by atoms with E-state index >= 15 is 0 Å². The van der Waals surface area contributed by atoms with E-state index < -0.39 is 0 Å². The summed E-state index contributed by atoms with van der Waals surface area (Å²) in [5.41, 5.74) is 16.5. The van der Waals surface area contributed by atoms with Crippen molar-refractivity contribution in [2.45, 2.75) is 0 Å². The summed E-state index contributed by atoms with van der Waals surface area (Å²) in [5.74, 6) is 0. The second kappa shape index (κ2) is 9.84. The molecule has 7 aromatic carbocycles. The minimum atomic E-state index is 1.29. The normalized spacial score (nSPS) is 11.6. The molecule has 42 heavy (non-hydrogen) atoms. The van der Waals surface area contributed by atoms with Crippen molar-refractivity contribution in [3.8, 4) is 22.3 Å². The fourth-order valence-corrected chi connectivity index (χ4v) is 7.55. The summed E-state index contributed by atoms with van der Waals surface area (Å²) in [7, 11) is 18.6. The Morgan fingerprint density at radius 1 is 0.333 bits per heavy atom. The Bertz CT molecular complexity index is 2190. The Hall–Kier alpha value is -3.90. The highest BCUT2D eigenvalue weighted by molar-refractivity contribution is 6.71. The molecule has 0 unspecified atom stereocenters. The molecule has 0 amide bonds. The van der Waals surface area contributed by atoms with E-state index in [4.69, 9.17) is 0 Å². The second-order valence-electron chi connectivity index (χ2n) is 12.3. The van der Waals surface area contributed by atoms with Crippen LogP contribution in [0.1, 0.15) is 0 Å². The Balaban J connectivity index is 1.89. The molecule has 0 atom stereocenters. The Kier molecular flexibility index (Phi) is 6.32. The quantitative estimate of drug-likeness (QED) is 0.122. The highest BCUT2D eigenvalue weighted by Crippen LogP contribution is 2.44. The third-order valence-electron chi connectivity index (χ3n) is 10.5. The second-order valence-corrected chi connectivity index (χ2v) is 12.3. The lowest BCUT2D eigenvalue weighted by atomic mass is 9.59. The first-order valence-corrected chi connectivity index (χ1v) is 15.1. The van der Waals surface area contributed by atoms with Crippen LogP contribution in [0.2, 0.25) is 0 Å². The third kappa shape index (κ3) is 3.67. The molecule has 0 bridgehead atoms. The van der Waals surface area contributed by atoms with Gasteiger partial charge >= 0.3 is 0 Å². The molecule has 0 heterocycles. The van der Waals surface area contributed by atoms with Gasteiger partial charge in [0.05, 0.1) is 0 Å². The molecule has 0 saturated heterocycles. The van der Waals surface area contributed by atoms with E-state index in [0.29, 0.717) is 0 Å². The molecule has 8 heteroatoms. The third-order valence-corrected chi connectivity index (χ3v) is 10.5.